The summed E-state index contributed by atoms with van der Waals surface area (Å²) < 4.78 is 24.6. The summed E-state index contributed by atoms with van der Waals surface area (Å²) in [4.78, 5) is 21.9. The van der Waals surface area contributed by atoms with E-state index in [1.165, 1.54) is 0 Å². The van der Waals surface area contributed by atoms with Gasteiger partial charge in [0.25, 0.3) is 0 Å². The highest BCUT2D eigenvalue weighted by Crippen LogP contribution is 2.35. The minimum atomic E-state index is -2.71. The molecule has 0 spiro atoms. The predicted molar refractivity (Wildman–Crippen MR) is 184 cm³/mol. The largest absolute Gasteiger partial charge is 0.457 e. The number of nitrogens with zero attached hydrogens (tertiary/aromatic N) is 5. The highest BCUT2D eigenvalue weighted by atomic mass is 28.3. The average molecular weight is 646 g/mol. The van der Waals surface area contributed by atoms with Crippen molar-refractivity contribution in [1.29, 1.82) is 0 Å². The van der Waals surface area contributed by atoms with Crippen LogP contribution >= 0.6 is 0 Å². The van der Waals surface area contributed by atoms with Crippen molar-refractivity contribution in [2.75, 3.05) is 0 Å². The second-order valence-electron chi connectivity index (χ2n) is 11.2. The van der Waals surface area contributed by atoms with E-state index >= 15 is 0 Å². The maximum absolute atomic E-state index is 6.39. The van der Waals surface area contributed by atoms with Crippen LogP contribution in [0.15, 0.2) is 146 Å². The summed E-state index contributed by atoms with van der Waals surface area (Å²) in [5.41, 5.74) is 3.00. The lowest BCUT2D eigenvalue weighted by Gasteiger charge is -2.23. The number of fused-ring (bicyclic) bond motifs is 3. The van der Waals surface area contributed by atoms with Gasteiger partial charge in [-0.25, -0.2) is 24.9 Å². The molecule has 0 amide bonds. The monoisotopic (exact) mass is 645 g/mol. The van der Waals surface area contributed by atoms with E-state index < -0.39 is 8.07 Å². The van der Waals surface area contributed by atoms with Gasteiger partial charge in [0, 0.05) is 36.7 Å². The molecule has 0 fully saturated rings. The normalized spacial score (nSPS) is 12.4. The molecule has 7 aromatic rings. The third-order valence-corrected chi connectivity index (χ3v) is 12.2. The number of rotatable bonds is 9. The van der Waals surface area contributed by atoms with E-state index in [1.54, 1.807) is 25.0 Å². The molecule has 232 valence electrons. The molecule has 0 atom stereocenters. The number of hydrogen-bond acceptors (Lipinski definition) is 9. The third-order valence-electron chi connectivity index (χ3n) is 8.09. The van der Waals surface area contributed by atoms with E-state index in [9.17, 15) is 0 Å². The first-order valence-electron chi connectivity index (χ1n) is 15.3. The van der Waals surface area contributed by atoms with Crippen LogP contribution < -0.4 is 34.8 Å². The summed E-state index contributed by atoms with van der Waals surface area (Å²) >= 11 is 0. The van der Waals surface area contributed by atoms with Crippen LogP contribution in [-0.4, -0.2) is 33.0 Å². The van der Waals surface area contributed by atoms with E-state index in [2.05, 4.69) is 55.7 Å². The molecule has 4 aromatic carbocycles. The van der Waals surface area contributed by atoms with Crippen LogP contribution in [0.1, 0.15) is 0 Å². The Kier molecular flexibility index (Phi) is 7.52. The standard InChI is InChI=1S/C38H27N5O4Si/c1-48(38-42-24-39-25-43-38)34-22-30(44-26-8-6-10-28(20-26)46-36-12-2-4-18-40-36)14-16-32(34)33-17-15-31(23-35(33)48)45-27-9-7-11-29(21-27)47-37-13-3-5-19-41-37/h2-25H,1H3. The summed E-state index contributed by atoms with van der Waals surface area (Å²) in [5, 5.41) is 2.29. The van der Waals surface area contributed by atoms with Gasteiger partial charge in [0.1, 0.15) is 52.6 Å². The van der Waals surface area contributed by atoms with Gasteiger partial charge >= 0.3 is 0 Å². The van der Waals surface area contributed by atoms with Gasteiger partial charge in [0.05, 0.1) is 0 Å². The Bertz CT molecular complexity index is 2090. The second kappa shape index (κ2) is 12.4. The first-order chi connectivity index (χ1) is 23.6. The first-order valence-corrected chi connectivity index (χ1v) is 17.8. The lowest BCUT2D eigenvalue weighted by atomic mass is 10.1. The Hall–Kier alpha value is -6.39. The molecule has 4 heterocycles. The molecular formula is C38H27N5O4Si. The highest BCUT2D eigenvalue weighted by Gasteiger charge is 2.46. The van der Waals surface area contributed by atoms with Crippen molar-refractivity contribution in [3.05, 3.63) is 146 Å². The zero-order valence-electron chi connectivity index (χ0n) is 25.7. The minimum absolute atomic E-state index is 0.512. The molecule has 0 aliphatic carbocycles. The molecule has 1 aliphatic rings. The number of pyridine rings is 2. The molecule has 8 rings (SSSR count). The van der Waals surface area contributed by atoms with Crippen molar-refractivity contribution in [1.82, 2.24) is 24.9 Å². The maximum atomic E-state index is 6.39. The zero-order chi connectivity index (χ0) is 32.3. The summed E-state index contributed by atoms with van der Waals surface area (Å²) in [6, 6.07) is 38.5. The fourth-order valence-corrected chi connectivity index (χ4v) is 9.66. The Balaban J connectivity index is 1.11. The van der Waals surface area contributed by atoms with Gasteiger partial charge in [-0.1, -0.05) is 42.9 Å². The van der Waals surface area contributed by atoms with Gasteiger partial charge in [-0.15, -0.1) is 0 Å². The molecule has 0 radical (unpaired) electrons. The van der Waals surface area contributed by atoms with Crippen LogP contribution in [0.5, 0.6) is 46.3 Å². The smallest absolute Gasteiger partial charge is 0.219 e. The van der Waals surface area contributed by atoms with Gasteiger partial charge < -0.3 is 18.9 Å². The molecule has 1 aliphatic heterocycles. The number of ether oxygens (including phenoxy) is 4. The fourth-order valence-electron chi connectivity index (χ4n) is 5.89. The lowest BCUT2D eigenvalue weighted by molar-refractivity contribution is 0.448. The molecular weight excluding hydrogens is 619 g/mol. The van der Waals surface area contributed by atoms with E-state index in [1.807, 2.05) is 97.1 Å². The van der Waals surface area contributed by atoms with Gasteiger partial charge in [0.2, 0.25) is 11.8 Å². The Morgan fingerprint density at radius 1 is 0.438 bits per heavy atom. The van der Waals surface area contributed by atoms with Gasteiger partial charge in [0.15, 0.2) is 8.07 Å². The zero-order valence-corrected chi connectivity index (χ0v) is 26.7. The van der Waals surface area contributed by atoms with E-state index in [0.717, 1.165) is 26.9 Å². The van der Waals surface area contributed by atoms with Gasteiger partial charge in [-0.3, -0.25) is 0 Å². The van der Waals surface area contributed by atoms with Crippen molar-refractivity contribution in [2.24, 2.45) is 0 Å². The van der Waals surface area contributed by atoms with E-state index in [0.29, 0.717) is 46.3 Å². The summed E-state index contributed by atoms with van der Waals surface area (Å²) in [7, 11) is -2.71. The minimum Gasteiger partial charge on any atom is -0.457 e. The molecule has 48 heavy (non-hydrogen) atoms. The van der Waals surface area contributed by atoms with Crippen LogP contribution in [0.25, 0.3) is 11.1 Å². The van der Waals surface area contributed by atoms with Crippen LogP contribution in [0, 0.1) is 0 Å². The molecule has 0 bridgehead atoms. The lowest BCUT2D eigenvalue weighted by Crippen LogP contribution is -2.64. The molecule has 0 saturated heterocycles. The number of hydrogen-bond donors (Lipinski definition) is 0. The molecule has 0 N–H and O–H groups in total. The SMILES string of the molecule is C[Si]1(c2ncncn2)c2cc(Oc3cccc(Oc4ccccn4)c3)ccc2-c2ccc(Oc3cccc(Oc4ccccn4)c3)cc21. The first kappa shape index (κ1) is 29.0. The van der Waals surface area contributed by atoms with E-state index in [4.69, 9.17) is 18.9 Å². The molecule has 10 heteroatoms. The van der Waals surface area contributed by atoms with Crippen molar-refractivity contribution >= 4 is 23.9 Å². The topological polar surface area (TPSA) is 101 Å². The molecule has 0 unspecified atom stereocenters. The molecule has 0 saturated carbocycles. The Morgan fingerprint density at radius 3 is 1.35 bits per heavy atom. The predicted octanol–water partition coefficient (Wildman–Crippen LogP) is 6.91. The van der Waals surface area contributed by atoms with Crippen LogP contribution in [0.4, 0.5) is 0 Å². The van der Waals surface area contributed by atoms with Gasteiger partial charge in [-0.05, 0) is 82.2 Å². The highest BCUT2D eigenvalue weighted by molar-refractivity contribution is 7.12. The van der Waals surface area contributed by atoms with Crippen molar-refractivity contribution in [2.45, 2.75) is 6.55 Å². The maximum Gasteiger partial charge on any atom is 0.219 e. The Labute approximate surface area is 277 Å². The van der Waals surface area contributed by atoms with Crippen LogP contribution in [0.3, 0.4) is 0 Å². The van der Waals surface area contributed by atoms with Crippen molar-refractivity contribution < 1.29 is 18.9 Å². The van der Waals surface area contributed by atoms with Crippen LogP contribution in [0.2, 0.25) is 6.55 Å². The number of benzene rings is 4. The van der Waals surface area contributed by atoms with E-state index in [-0.39, 0.29) is 0 Å². The quantitative estimate of drug-likeness (QED) is 0.155. The Morgan fingerprint density at radius 2 is 0.896 bits per heavy atom. The third kappa shape index (κ3) is 5.72. The van der Waals surface area contributed by atoms with Crippen molar-refractivity contribution in [3.8, 4) is 57.4 Å². The number of aromatic nitrogens is 5. The summed E-state index contributed by atoms with van der Waals surface area (Å²) in [6.45, 7) is 2.25. The summed E-state index contributed by atoms with van der Waals surface area (Å²) in [5.74, 6) is 4.97. The van der Waals surface area contributed by atoms with Crippen molar-refractivity contribution in [3.63, 3.8) is 0 Å². The molecule has 9 nitrogen and oxygen atoms in total. The van der Waals surface area contributed by atoms with Crippen LogP contribution in [-0.2, 0) is 0 Å². The molecule has 3 aromatic heterocycles. The summed E-state index contributed by atoms with van der Waals surface area (Å²) in [6.07, 6.45) is 6.49. The van der Waals surface area contributed by atoms with Gasteiger partial charge in [-0.2, -0.15) is 0 Å². The average Bonchev–Trinajstić information content (AvgIpc) is 3.37. The second-order valence-corrected chi connectivity index (χ2v) is 15.0. The fraction of sp³-hybridized carbons (Fsp3) is 0.0263.